The summed E-state index contributed by atoms with van der Waals surface area (Å²) in [6, 6.07) is 19.0. The van der Waals surface area contributed by atoms with E-state index < -0.39 is 6.04 Å². The minimum absolute atomic E-state index is 0.275. The lowest BCUT2D eigenvalue weighted by Crippen LogP contribution is -2.29. The summed E-state index contributed by atoms with van der Waals surface area (Å²) in [6.07, 6.45) is 0. The first kappa shape index (κ1) is 15.1. The van der Waals surface area contributed by atoms with Crippen LogP contribution in [0.2, 0.25) is 0 Å². The number of carbonyl (C=O) groups excluding carboxylic acids is 1. The molecule has 1 atom stereocenters. The molecule has 124 valence electrons. The molecular formula is C19H16N4O2. The third kappa shape index (κ3) is 2.89. The predicted octanol–water partition coefficient (Wildman–Crippen LogP) is 3.38. The molecule has 0 radical (unpaired) electrons. The lowest BCUT2D eigenvalue weighted by molar-refractivity contribution is 0.0933. The van der Waals surface area contributed by atoms with Crippen molar-refractivity contribution in [1.82, 2.24) is 20.7 Å². The van der Waals surface area contributed by atoms with Crippen LogP contribution in [0.15, 0.2) is 65.1 Å². The average Bonchev–Trinajstić information content (AvgIpc) is 3.26. The molecule has 25 heavy (non-hydrogen) atoms. The smallest absolute Gasteiger partial charge is 0.274 e. The number of nitrogens with zero attached hydrogens (tertiary/aromatic N) is 2. The van der Waals surface area contributed by atoms with Crippen LogP contribution in [-0.2, 0) is 0 Å². The molecule has 2 N–H and O–H groups in total. The number of aromatic nitrogens is 3. The van der Waals surface area contributed by atoms with Crippen LogP contribution in [0.5, 0.6) is 0 Å². The van der Waals surface area contributed by atoms with Crippen LogP contribution in [0.4, 0.5) is 0 Å². The van der Waals surface area contributed by atoms with Gasteiger partial charge in [0.1, 0.15) is 17.4 Å². The molecule has 4 aromatic rings. The van der Waals surface area contributed by atoms with Crippen molar-refractivity contribution in [2.45, 2.75) is 13.0 Å². The van der Waals surface area contributed by atoms with E-state index in [0.717, 1.165) is 16.5 Å². The van der Waals surface area contributed by atoms with Gasteiger partial charge in [-0.25, -0.2) is 0 Å². The summed E-state index contributed by atoms with van der Waals surface area (Å²) >= 11 is 0. The molecule has 0 spiro atoms. The number of H-pyrrole nitrogens is 1. The van der Waals surface area contributed by atoms with Gasteiger partial charge >= 0.3 is 0 Å². The molecule has 1 amide bonds. The highest BCUT2D eigenvalue weighted by Gasteiger charge is 2.23. The van der Waals surface area contributed by atoms with Crippen molar-refractivity contribution in [1.29, 1.82) is 0 Å². The third-order valence-electron chi connectivity index (χ3n) is 4.07. The summed E-state index contributed by atoms with van der Waals surface area (Å²) in [6.45, 7) is 1.73. The van der Waals surface area contributed by atoms with Gasteiger partial charge in [-0.2, -0.15) is 15.4 Å². The fraction of sp³-hybridized carbons (Fsp3) is 0.105. The van der Waals surface area contributed by atoms with Gasteiger partial charge in [0.2, 0.25) is 0 Å². The molecule has 0 aliphatic carbocycles. The Morgan fingerprint density at radius 2 is 1.84 bits per heavy atom. The van der Waals surface area contributed by atoms with Gasteiger partial charge in [0.05, 0.1) is 5.69 Å². The molecule has 2 heterocycles. The van der Waals surface area contributed by atoms with E-state index in [0.29, 0.717) is 11.5 Å². The zero-order valence-corrected chi connectivity index (χ0v) is 13.6. The second-order valence-electron chi connectivity index (χ2n) is 5.76. The minimum atomic E-state index is -0.419. The summed E-state index contributed by atoms with van der Waals surface area (Å²) in [5, 5.41) is 14.3. The van der Waals surface area contributed by atoms with Gasteiger partial charge in [-0.05, 0) is 24.6 Å². The summed E-state index contributed by atoms with van der Waals surface area (Å²) in [7, 11) is 0. The highest BCUT2D eigenvalue weighted by atomic mass is 16.3. The Balaban J connectivity index is 1.74. The Kier molecular flexibility index (Phi) is 3.78. The van der Waals surface area contributed by atoms with E-state index in [-0.39, 0.29) is 11.6 Å². The Labute approximate surface area is 143 Å². The molecule has 0 fully saturated rings. The van der Waals surface area contributed by atoms with E-state index in [1.807, 2.05) is 60.7 Å². The Morgan fingerprint density at radius 1 is 1.08 bits per heavy atom. The number of furan rings is 1. The maximum absolute atomic E-state index is 12.6. The molecule has 0 bridgehead atoms. The molecule has 0 unspecified atom stereocenters. The number of carbonyl (C=O) groups is 1. The number of rotatable bonds is 4. The van der Waals surface area contributed by atoms with Crippen molar-refractivity contribution in [2.24, 2.45) is 0 Å². The first-order chi connectivity index (χ1) is 12.2. The van der Waals surface area contributed by atoms with Crippen molar-refractivity contribution >= 4 is 16.9 Å². The third-order valence-corrected chi connectivity index (χ3v) is 4.07. The number of hydrogen-bond donors (Lipinski definition) is 2. The lowest BCUT2D eigenvalue weighted by Gasteiger charge is -2.16. The number of nitrogens with one attached hydrogen (secondary N) is 2. The van der Waals surface area contributed by atoms with E-state index in [9.17, 15) is 4.79 Å². The van der Waals surface area contributed by atoms with Crippen molar-refractivity contribution in [3.63, 3.8) is 0 Å². The van der Waals surface area contributed by atoms with Crippen LogP contribution in [0.1, 0.15) is 33.5 Å². The van der Waals surface area contributed by atoms with Gasteiger partial charge in [0.25, 0.3) is 5.91 Å². The van der Waals surface area contributed by atoms with Crippen LogP contribution >= 0.6 is 0 Å². The largest absolute Gasteiger partial charge is 0.459 e. The molecule has 4 rings (SSSR count). The van der Waals surface area contributed by atoms with E-state index in [1.165, 1.54) is 0 Å². The van der Waals surface area contributed by atoms with Gasteiger partial charge in [-0.1, -0.05) is 48.5 Å². The zero-order valence-electron chi connectivity index (χ0n) is 13.6. The molecule has 2 aromatic carbocycles. The number of benzene rings is 2. The molecule has 6 nitrogen and oxygen atoms in total. The highest BCUT2D eigenvalue weighted by Crippen LogP contribution is 2.28. The van der Waals surface area contributed by atoms with Crippen LogP contribution in [0.3, 0.4) is 0 Å². The molecule has 0 saturated heterocycles. The van der Waals surface area contributed by atoms with E-state index >= 15 is 0 Å². The van der Waals surface area contributed by atoms with Crippen LogP contribution in [-0.4, -0.2) is 21.3 Å². The fourth-order valence-corrected chi connectivity index (χ4v) is 2.81. The average molecular weight is 332 g/mol. The van der Waals surface area contributed by atoms with Gasteiger partial charge in [0, 0.05) is 5.39 Å². The first-order valence-corrected chi connectivity index (χ1v) is 7.94. The summed E-state index contributed by atoms with van der Waals surface area (Å²) in [5.74, 6) is 0.363. The lowest BCUT2D eigenvalue weighted by atomic mass is 10.0. The quantitative estimate of drug-likeness (QED) is 0.600. The van der Waals surface area contributed by atoms with Crippen LogP contribution < -0.4 is 5.32 Å². The summed E-state index contributed by atoms with van der Waals surface area (Å²) in [4.78, 5) is 12.6. The molecule has 2 aromatic heterocycles. The Morgan fingerprint density at radius 3 is 2.56 bits per heavy atom. The van der Waals surface area contributed by atoms with Crippen LogP contribution in [0.25, 0.3) is 11.0 Å². The van der Waals surface area contributed by atoms with E-state index in [1.54, 1.807) is 6.92 Å². The van der Waals surface area contributed by atoms with Gasteiger partial charge in [-0.3, -0.25) is 4.79 Å². The standard InChI is InChI=1S/C19H16N4O2/c1-12-17(22-23-21-12)19(24)20-18(13-7-3-2-4-8-13)16-11-14-9-5-6-10-15(14)25-16/h2-11,18H,1H3,(H,20,24)(H,21,22,23)/t18-/m1/s1. The normalized spacial score (nSPS) is 12.2. The number of amides is 1. The molecule has 0 aliphatic rings. The maximum atomic E-state index is 12.6. The van der Waals surface area contributed by atoms with E-state index in [2.05, 4.69) is 20.7 Å². The van der Waals surface area contributed by atoms with Crippen molar-refractivity contribution < 1.29 is 9.21 Å². The number of aryl methyl sites for hydroxylation is 1. The second kappa shape index (κ2) is 6.24. The van der Waals surface area contributed by atoms with Crippen molar-refractivity contribution in [3.8, 4) is 0 Å². The fourth-order valence-electron chi connectivity index (χ4n) is 2.81. The molecule has 0 saturated carbocycles. The van der Waals surface area contributed by atoms with Crippen LogP contribution in [0, 0.1) is 6.92 Å². The predicted molar refractivity (Wildman–Crippen MR) is 93.1 cm³/mol. The number of hydrogen-bond acceptors (Lipinski definition) is 4. The molecular weight excluding hydrogens is 316 g/mol. The SMILES string of the molecule is Cc1n[nH]nc1C(=O)N[C@H](c1ccccc1)c1cc2ccccc2o1. The topological polar surface area (TPSA) is 83.8 Å². The Hall–Kier alpha value is -3.41. The summed E-state index contributed by atoms with van der Waals surface area (Å²) in [5.41, 5.74) is 2.53. The summed E-state index contributed by atoms with van der Waals surface area (Å²) < 4.78 is 5.97. The van der Waals surface area contributed by atoms with Crippen molar-refractivity contribution in [2.75, 3.05) is 0 Å². The van der Waals surface area contributed by atoms with Gasteiger partial charge < -0.3 is 9.73 Å². The highest BCUT2D eigenvalue weighted by molar-refractivity contribution is 5.93. The van der Waals surface area contributed by atoms with Crippen molar-refractivity contribution in [3.05, 3.63) is 83.4 Å². The number of aromatic amines is 1. The Bertz CT molecular complexity index is 987. The number of para-hydroxylation sites is 1. The van der Waals surface area contributed by atoms with Gasteiger partial charge in [0.15, 0.2) is 5.69 Å². The first-order valence-electron chi connectivity index (χ1n) is 7.94. The maximum Gasteiger partial charge on any atom is 0.274 e. The minimum Gasteiger partial charge on any atom is -0.459 e. The second-order valence-corrected chi connectivity index (χ2v) is 5.76. The monoisotopic (exact) mass is 332 g/mol. The molecule has 6 heteroatoms. The number of fused-ring (bicyclic) bond motifs is 1. The van der Waals surface area contributed by atoms with Gasteiger partial charge in [-0.15, -0.1) is 0 Å². The van der Waals surface area contributed by atoms with E-state index in [4.69, 9.17) is 4.42 Å². The zero-order chi connectivity index (χ0) is 17.2. The molecule has 0 aliphatic heterocycles.